The van der Waals surface area contributed by atoms with Crippen molar-refractivity contribution in [1.82, 2.24) is 9.88 Å². The van der Waals surface area contributed by atoms with Crippen molar-refractivity contribution in [1.29, 1.82) is 0 Å². The molecule has 2 amide bonds. The molecule has 0 fully saturated rings. The molecule has 0 aliphatic rings. The van der Waals surface area contributed by atoms with E-state index in [9.17, 15) is 19.1 Å². The second-order valence-corrected chi connectivity index (χ2v) is 6.75. The fourth-order valence-corrected chi connectivity index (χ4v) is 2.92. The number of urea groups is 1. The summed E-state index contributed by atoms with van der Waals surface area (Å²) in [7, 11) is 0. The molecule has 0 spiro atoms. The van der Waals surface area contributed by atoms with Crippen molar-refractivity contribution < 1.29 is 18.7 Å². The van der Waals surface area contributed by atoms with E-state index >= 15 is 0 Å². The Morgan fingerprint density at radius 2 is 1.97 bits per heavy atom. The quantitative estimate of drug-likeness (QED) is 0.568. The second kappa shape index (κ2) is 9.20. The lowest BCUT2D eigenvalue weighted by Gasteiger charge is -2.17. The Labute approximate surface area is 166 Å². The van der Waals surface area contributed by atoms with Crippen LogP contribution in [0.2, 0.25) is 0 Å². The predicted octanol–water partition coefficient (Wildman–Crippen LogP) is 3.26. The third-order valence-electron chi connectivity index (χ3n) is 4.36. The number of aliphatic hydroxyl groups is 1. The van der Waals surface area contributed by atoms with Gasteiger partial charge in [-0.05, 0) is 48.9 Å². The summed E-state index contributed by atoms with van der Waals surface area (Å²) >= 11 is 0. The standard InChI is InChI=1S/C21H22FN3O4/c1-14(12-18(26)19-5-3-11-29-19)23-21(28)24-17-4-2-10-25(20(17)27)13-15-6-8-16(22)9-7-15/h2-11,14,18,26H,12-13H2,1H3,(H2,23,24,28). The second-order valence-electron chi connectivity index (χ2n) is 6.75. The van der Waals surface area contributed by atoms with Crippen LogP contribution in [0.5, 0.6) is 0 Å². The van der Waals surface area contributed by atoms with Crippen LogP contribution in [0.15, 0.2) is 70.2 Å². The normalized spacial score (nSPS) is 12.9. The SMILES string of the molecule is CC(CC(O)c1ccco1)NC(=O)Nc1cccn(Cc2ccc(F)cc2)c1=O. The maximum absolute atomic E-state index is 13.0. The van der Waals surface area contributed by atoms with Crippen LogP contribution in [0, 0.1) is 5.82 Å². The summed E-state index contributed by atoms with van der Waals surface area (Å²) in [6.07, 6.45) is 2.47. The van der Waals surface area contributed by atoms with Gasteiger partial charge >= 0.3 is 6.03 Å². The minimum Gasteiger partial charge on any atom is -0.467 e. The van der Waals surface area contributed by atoms with Gasteiger partial charge in [0, 0.05) is 18.7 Å². The van der Waals surface area contributed by atoms with E-state index in [4.69, 9.17) is 4.42 Å². The van der Waals surface area contributed by atoms with Crippen molar-refractivity contribution >= 4 is 11.7 Å². The number of halogens is 1. The van der Waals surface area contributed by atoms with Gasteiger partial charge in [-0.3, -0.25) is 4.79 Å². The van der Waals surface area contributed by atoms with Gasteiger partial charge in [-0.15, -0.1) is 0 Å². The number of pyridine rings is 1. The molecule has 29 heavy (non-hydrogen) atoms. The van der Waals surface area contributed by atoms with Crippen LogP contribution >= 0.6 is 0 Å². The number of hydrogen-bond acceptors (Lipinski definition) is 4. The third-order valence-corrected chi connectivity index (χ3v) is 4.36. The van der Waals surface area contributed by atoms with Crippen LogP contribution < -0.4 is 16.2 Å². The molecule has 0 aliphatic heterocycles. The summed E-state index contributed by atoms with van der Waals surface area (Å²) in [6, 6.07) is 11.4. The molecule has 0 saturated carbocycles. The number of aromatic nitrogens is 1. The minimum absolute atomic E-state index is 0.117. The highest BCUT2D eigenvalue weighted by Crippen LogP contribution is 2.18. The third kappa shape index (κ3) is 5.55. The van der Waals surface area contributed by atoms with Gasteiger partial charge < -0.3 is 24.7 Å². The Morgan fingerprint density at radius 3 is 2.66 bits per heavy atom. The van der Waals surface area contributed by atoms with Crippen molar-refractivity contribution in [2.75, 3.05) is 5.32 Å². The van der Waals surface area contributed by atoms with E-state index < -0.39 is 12.1 Å². The number of rotatable bonds is 7. The summed E-state index contributed by atoms with van der Waals surface area (Å²) in [5.41, 5.74) is 0.497. The smallest absolute Gasteiger partial charge is 0.319 e. The molecule has 0 saturated heterocycles. The molecule has 0 radical (unpaired) electrons. The maximum atomic E-state index is 13.0. The summed E-state index contributed by atoms with van der Waals surface area (Å²) in [5.74, 6) is 0.0743. The van der Waals surface area contributed by atoms with Crippen LogP contribution in [0.4, 0.5) is 14.9 Å². The number of carbonyl (C=O) groups is 1. The summed E-state index contributed by atoms with van der Waals surface area (Å²) < 4.78 is 19.6. The van der Waals surface area contributed by atoms with E-state index in [1.54, 1.807) is 43.5 Å². The Bertz CT molecular complexity index is 1000. The van der Waals surface area contributed by atoms with Gasteiger partial charge in [-0.2, -0.15) is 0 Å². The first-order valence-electron chi connectivity index (χ1n) is 9.15. The molecule has 8 heteroatoms. The lowest BCUT2D eigenvalue weighted by atomic mass is 10.1. The topological polar surface area (TPSA) is 96.5 Å². The number of hydrogen-bond donors (Lipinski definition) is 3. The van der Waals surface area contributed by atoms with Gasteiger partial charge in [0.1, 0.15) is 23.4 Å². The van der Waals surface area contributed by atoms with Gasteiger partial charge in [0.15, 0.2) is 0 Å². The van der Waals surface area contributed by atoms with Gasteiger partial charge in [0.25, 0.3) is 5.56 Å². The lowest BCUT2D eigenvalue weighted by Crippen LogP contribution is -2.38. The number of nitrogens with zero attached hydrogens (tertiary/aromatic N) is 1. The maximum Gasteiger partial charge on any atom is 0.319 e. The summed E-state index contributed by atoms with van der Waals surface area (Å²) in [5, 5.41) is 15.3. The highest BCUT2D eigenvalue weighted by Gasteiger charge is 2.17. The monoisotopic (exact) mass is 399 g/mol. The van der Waals surface area contributed by atoms with E-state index in [0.717, 1.165) is 5.56 Å². The van der Waals surface area contributed by atoms with Crippen LogP contribution in [0.3, 0.4) is 0 Å². The molecule has 2 unspecified atom stereocenters. The van der Waals surface area contributed by atoms with Crippen molar-refractivity contribution in [3.8, 4) is 0 Å². The number of amides is 2. The summed E-state index contributed by atoms with van der Waals surface area (Å²) in [4.78, 5) is 24.8. The van der Waals surface area contributed by atoms with E-state index in [1.807, 2.05) is 0 Å². The van der Waals surface area contributed by atoms with Crippen LogP contribution in [-0.2, 0) is 6.54 Å². The minimum atomic E-state index is -0.843. The van der Waals surface area contributed by atoms with Crippen LogP contribution in [0.1, 0.15) is 30.8 Å². The first kappa shape index (κ1) is 20.3. The number of benzene rings is 1. The van der Waals surface area contributed by atoms with Gasteiger partial charge in [0.2, 0.25) is 0 Å². The molecule has 0 aliphatic carbocycles. The number of aliphatic hydroxyl groups excluding tert-OH is 1. The molecule has 2 atom stereocenters. The van der Waals surface area contributed by atoms with Crippen LogP contribution in [0.25, 0.3) is 0 Å². The van der Waals surface area contributed by atoms with Gasteiger partial charge in [-0.1, -0.05) is 12.1 Å². The Morgan fingerprint density at radius 1 is 1.21 bits per heavy atom. The molecule has 2 heterocycles. The van der Waals surface area contributed by atoms with Crippen LogP contribution in [-0.4, -0.2) is 21.7 Å². The number of nitrogens with one attached hydrogen (secondary N) is 2. The van der Waals surface area contributed by atoms with Crippen molar-refractivity contribution in [3.05, 3.63) is 88.5 Å². The largest absolute Gasteiger partial charge is 0.467 e. The Hall–Kier alpha value is -3.39. The fraction of sp³-hybridized carbons (Fsp3) is 0.238. The predicted molar refractivity (Wildman–Crippen MR) is 106 cm³/mol. The van der Waals surface area contributed by atoms with E-state index in [0.29, 0.717) is 5.76 Å². The molecule has 152 valence electrons. The van der Waals surface area contributed by atoms with Crippen molar-refractivity contribution in [2.45, 2.75) is 32.0 Å². The number of carbonyl (C=O) groups excluding carboxylic acids is 1. The molecular weight excluding hydrogens is 377 g/mol. The fourth-order valence-electron chi connectivity index (χ4n) is 2.92. The van der Waals surface area contributed by atoms with Crippen molar-refractivity contribution in [3.63, 3.8) is 0 Å². The molecular formula is C21H22FN3O4. The zero-order valence-electron chi connectivity index (χ0n) is 15.8. The highest BCUT2D eigenvalue weighted by atomic mass is 19.1. The molecule has 3 rings (SSSR count). The number of furan rings is 1. The Balaban J connectivity index is 1.60. The zero-order chi connectivity index (χ0) is 20.8. The van der Waals surface area contributed by atoms with Crippen molar-refractivity contribution in [2.24, 2.45) is 0 Å². The average Bonchev–Trinajstić information content (AvgIpc) is 3.21. The van der Waals surface area contributed by atoms with E-state index in [1.165, 1.54) is 29.0 Å². The number of anilines is 1. The molecule has 0 bridgehead atoms. The first-order valence-corrected chi connectivity index (χ1v) is 9.15. The molecule has 7 nitrogen and oxygen atoms in total. The first-order chi connectivity index (χ1) is 13.9. The van der Waals surface area contributed by atoms with Gasteiger partial charge in [-0.25, -0.2) is 9.18 Å². The zero-order valence-corrected chi connectivity index (χ0v) is 15.8. The average molecular weight is 399 g/mol. The highest BCUT2D eigenvalue weighted by molar-refractivity contribution is 5.89. The lowest BCUT2D eigenvalue weighted by molar-refractivity contribution is 0.130. The van der Waals surface area contributed by atoms with E-state index in [2.05, 4.69) is 10.6 Å². The molecule has 2 aromatic heterocycles. The summed E-state index contributed by atoms with van der Waals surface area (Å²) in [6.45, 7) is 1.99. The molecule has 1 aromatic carbocycles. The van der Waals surface area contributed by atoms with E-state index in [-0.39, 0.29) is 36.1 Å². The molecule has 3 aromatic rings. The van der Waals surface area contributed by atoms with Gasteiger partial charge in [0.05, 0.1) is 12.8 Å². The Kier molecular flexibility index (Phi) is 6.46. The molecule has 3 N–H and O–H groups in total.